The van der Waals surface area contributed by atoms with Gasteiger partial charge in [-0.15, -0.1) is 0 Å². The van der Waals surface area contributed by atoms with Gasteiger partial charge in [-0.1, -0.05) is 63.1 Å². The van der Waals surface area contributed by atoms with Crippen LogP contribution in [0.25, 0.3) is 0 Å². The molecular weight excluding hydrogens is 484 g/mol. The summed E-state index contributed by atoms with van der Waals surface area (Å²) in [5, 5.41) is 2.86. The van der Waals surface area contributed by atoms with Crippen LogP contribution in [0.15, 0.2) is 72.8 Å². The highest BCUT2D eigenvalue weighted by atomic mass is 32.2. The number of benzene rings is 3. The number of nitrogens with one attached hydrogen (secondary N) is 1. The number of unbranched alkanes of at least 4 members (excludes halogenated alkanes) is 1. The molecule has 0 saturated heterocycles. The van der Waals surface area contributed by atoms with Crippen LogP contribution in [0, 0.1) is 0 Å². The summed E-state index contributed by atoms with van der Waals surface area (Å²) in [5.41, 5.74) is 4.42. The fourth-order valence-electron chi connectivity index (χ4n) is 4.01. The minimum atomic E-state index is -3.48. The van der Waals surface area contributed by atoms with Crippen LogP contribution in [0.2, 0.25) is 0 Å². The lowest BCUT2D eigenvalue weighted by molar-refractivity contribution is 0.0947. The van der Waals surface area contributed by atoms with E-state index < -0.39 is 10.0 Å². The molecule has 0 spiro atoms. The van der Waals surface area contributed by atoms with Crippen LogP contribution < -0.4 is 14.4 Å². The first-order valence-electron chi connectivity index (χ1n) is 13.0. The highest BCUT2D eigenvalue weighted by molar-refractivity contribution is 7.92. The number of amides is 1. The molecule has 1 amide bonds. The maximum atomic E-state index is 12.5. The third-order valence-electron chi connectivity index (χ3n) is 6.10. The van der Waals surface area contributed by atoms with Crippen molar-refractivity contribution in [3.8, 4) is 5.75 Å². The van der Waals surface area contributed by atoms with Gasteiger partial charge in [-0.05, 0) is 72.4 Å². The summed E-state index contributed by atoms with van der Waals surface area (Å²) in [5.74, 6) is 0.584. The number of hydrogen-bond donors (Lipinski definition) is 1. The van der Waals surface area contributed by atoms with Crippen molar-refractivity contribution in [1.82, 2.24) is 5.32 Å². The van der Waals surface area contributed by atoms with Gasteiger partial charge in [0.2, 0.25) is 10.0 Å². The molecular formula is C30H38N2O4S. The highest BCUT2D eigenvalue weighted by Crippen LogP contribution is 2.22. The van der Waals surface area contributed by atoms with Crippen LogP contribution in [0.4, 0.5) is 5.69 Å². The van der Waals surface area contributed by atoms with E-state index in [1.54, 1.807) is 24.3 Å². The van der Waals surface area contributed by atoms with E-state index in [1.807, 2.05) is 36.4 Å². The molecule has 1 N–H and O–H groups in total. The van der Waals surface area contributed by atoms with Crippen LogP contribution in [0.5, 0.6) is 5.75 Å². The predicted molar refractivity (Wildman–Crippen MR) is 151 cm³/mol. The van der Waals surface area contributed by atoms with Gasteiger partial charge >= 0.3 is 0 Å². The first-order chi connectivity index (χ1) is 17.8. The van der Waals surface area contributed by atoms with Crippen LogP contribution >= 0.6 is 0 Å². The van der Waals surface area contributed by atoms with Gasteiger partial charge in [0.05, 0.1) is 25.0 Å². The molecule has 3 rings (SSSR count). The zero-order chi connectivity index (χ0) is 26.7. The van der Waals surface area contributed by atoms with Gasteiger partial charge in [-0.3, -0.25) is 9.10 Å². The Morgan fingerprint density at radius 1 is 0.811 bits per heavy atom. The molecule has 0 saturated carbocycles. The van der Waals surface area contributed by atoms with Crippen molar-refractivity contribution >= 4 is 21.6 Å². The molecule has 7 heteroatoms. The topological polar surface area (TPSA) is 75.7 Å². The monoisotopic (exact) mass is 522 g/mol. The largest absolute Gasteiger partial charge is 0.492 e. The number of sulfonamides is 1. The van der Waals surface area contributed by atoms with Gasteiger partial charge < -0.3 is 10.1 Å². The van der Waals surface area contributed by atoms with Gasteiger partial charge in [0.1, 0.15) is 12.4 Å². The molecule has 37 heavy (non-hydrogen) atoms. The summed E-state index contributed by atoms with van der Waals surface area (Å²) in [6, 6.07) is 22.7. The fourth-order valence-corrected chi connectivity index (χ4v) is 4.90. The first kappa shape index (κ1) is 28.3. The molecule has 0 aliphatic carbocycles. The molecule has 0 fully saturated rings. The van der Waals surface area contributed by atoms with E-state index >= 15 is 0 Å². The summed E-state index contributed by atoms with van der Waals surface area (Å²) in [6.07, 6.45) is 6.57. The van der Waals surface area contributed by atoms with Crippen molar-refractivity contribution in [2.75, 3.05) is 23.7 Å². The molecule has 0 unspecified atom stereocenters. The first-order valence-corrected chi connectivity index (χ1v) is 14.8. The molecule has 0 aliphatic heterocycles. The summed E-state index contributed by atoms with van der Waals surface area (Å²) in [6.45, 7) is 5.25. The van der Waals surface area contributed by atoms with Crippen LogP contribution in [-0.2, 0) is 29.4 Å². The highest BCUT2D eigenvalue weighted by Gasteiger charge is 2.18. The third-order valence-corrected chi connectivity index (χ3v) is 7.24. The zero-order valence-electron chi connectivity index (χ0n) is 22.1. The minimum Gasteiger partial charge on any atom is -0.492 e. The van der Waals surface area contributed by atoms with Crippen LogP contribution in [-0.4, -0.2) is 33.7 Å². The number of rotatable bonds is 14. The third kappa shape index (κ3) is 8.93. The number of anilines is 1. The van der Waals surface area contributed by atoms with Crippen LogP contribution in [0.3, 0.4) is 0 Å². The number of aryl methyl sites for hydroxylation is 2. The number of nitrogens with zero attached hydrogens (tertiary/aromatic N) is 1. The van der Waals surface area contributed by atoms with E-state index in [0.717, 1.165) is 43.4 Å². The van der Waals surface area contributed by atoms with Crippen molar-refractivity contribution < 1.29 is 17.9 Å². The van der Waals surface area contributed by atoms with Crippen molar-refractivity contribution in [3.05, 3.63) is 95.1 Å². The van der Waals surface area contributed by atoms with Crippen molar-refractivity contribution in [1.29, 1.82) is 0 Å². The maximum Gasteiger partial charge on any atom is 0.251 e. The second-order valence-electron chi connectivity index (χ2n) is 9.23. The van der Waals surface area contributed by atoms with E-state index in [4.69, 9.17) is 4.74 Å². The Hall–Kier alpha value is -3.32. The van der Waals surface area contributed by atoms with Crippen molar-refractivity contribution in [3.63, 3.8) is 0 Å². The Balaban J connectivity index is 1.53. The quantitative estimate of drug-likeness (QED) is 0.273. The van der Waals surface area contributed by atoms with Gasteiger partial charge in [-0.25, -0.2) is 8.42 Å². The van der Waals surface area contributed by atoms with Gasteiger partial charge in [0.15, 0.2) is 0 Å². The zero-order valence-corrected chi connectivity index (χ0v) is 22.9. The van der Waals surface area contributed by atoms with Crippen molar-refractivity contribution in [2.45, 2.75) is 52.5 Å². The number of carbonyl (C=O) groups excluding carboxylic acids is 1. The molecule has 0 aromatic heterocycles. The van der Waals surface area contributed by atoms with E-state index in [1.165, 1.54) is 21.7 Å². The van der Waals surface area contributed by atoms with Crippen molar-refractivity contribution in [2.24, 2.45) is 0 Å². The van der Waals surface area contributed by atoms with Crippen LogP contribution in [0.1, 0.15) is 60.2 Å². The lowest BCUT2D eigenvalue weighted by Crippen LogP contribution is -2.29. The normalized spacial score (nSPS) is 11.2. The molecule has 198 valence electrons. The Morgan fingerprint density at radius 2 is 1.41 bits per heavy atom. The average Bonchev–Trinajstić information content (AvgIpc) is 2.89. The van der Waals surface area contributed by atoms with E-state index in [0.29, 0.717) is 24.4 Å². The summed E-state index contributed by atoms with van der Waals surface area (Å²) < 4.78 is 32.1. The lowest BCUT2D eigenvalue weighted by atomic mass is 10.1. The molecule has 0 aliphatic rings. The Morgan fingerprint density at radius 3 is 2.00 bits per heavy atom. The van der Waals surface area contributed by atoms with Gasteiger partial charge in [0.25, 0.3) is 5.91 Å². The Kier molecular flexibility index (Phi) is 10.6. The minimum absolute atomic E-state index is 0.194. The standard InChI is InChI=1S/C30H38N2O4S/c1-4-6-8-25-11-17-28(18-12-25)32(37(3,34)35)23-26-9-15-27(16-10-26)30(33)31-21-22-36-29-19-13-24(7-5-2)14-20-29/h9-20H,4-8,21-23H2,1-3H3,(H,31,33). The van der Waals surface area contributed by atoms with E-state index in [9.17, 15) is 13.2 Å². The van der Waals surface area contributed by atoms with E-state index in [-0.39, 0.29) is 12.5 Å². The molecule has 0 bridgehead atoms. The summed E-state index contributed by atoms with van der Waals surface area (Å²) in [4.78, 5) is 12.5. The predicted octanol–water partition coefficient (Wildman–Crippen LogP) is 5.76. The molecule has 3 aromatic carbocycles. The SMILES string of the molecule is CCCCc1ccc(N(Cc2ccc(C(=O)NCCOc3ccc(CCC)cc3)cc2)S(C)(=O)=O)cc1. The molecule has 0 radical (unpaired) electrons. The van der Waals surface area contributed by atoms with E-state index in [2.05, 4.69) is 31.3 Å². The molecule has 0 atom stereocenters. The number of carbonyl (C=O) groups is 1. The number of ether oxygens (including phenoxy) is 1. The number of hydrogen-bond acceptors (Lipinski definition) is 4. The Labute approximate surface area is 221 Å². The average molecular weight is 523 g/mol. The molecule has 6 nitrogen and oxygen atoms in total. The summed E-state index contributed by atoms with van der Waals surface area (Å²) >= 11 is 0. The fraction of sp³-hybridized carbons (Fsp3) is 0.367. The molecule has 3 aromatic rings. The second-order valence-corrected chi connectivity index (χ2v) is 11.1. The van der Waals surface area contributed by atoms with Gasteiger partial charge in [-0.2, -0.15) is 0 Å². The lowest BCUT2D eigenvalue weighted by Gasteiger charge is -2.23. The maximum absolute atomic E-state index is 12.5. The second kappa shape index (κ2) is 13.8. The summed E-state index contributed by atoms with van der Waals surface area (Å²) in [7, 11) is -3.48. The Bertz CT molecular complexity index is 1220. The van der Waals surface area contributed by atoms with Gasteiger partial charge in [0, 0.05) is 5.56 Å². The smallest absolute Gasteiger partial charge is 0.251 e. The molecule has 0 heterocycles.